The number of hydrogen-bond acceptors (Lipinski definition) is 9. The minimum atomic E-state index is -0.846. The lowest BCUT2D eigenvalue weighted by Crippen LogP contribution is -2.40. The summed E-state index contributed by atoms with van der Waals surface area (Å²) in [4.78, 5) is 30.4. The van der Waals surface area contributed by atoms with Crippen LogP contribution in [-0.4, -0.2) is 55.0 Å². The van der Waals surface area contributed by atoms with Crippen molar-refractivity contribution in [1.29, 1.82) is 5.26 Å². The predicted octanol–water partition coefficient (Wildman–Crippen LogP) is 3.54. The Morgan fingerprint density at radius 3 is 2.64 bits per heavy atom. The molecule has 0 atom stereocenters. The molecule has 12 heteroatoms. The molecule has 200 valence electrons. The molecular weight excluding hydrogens is 509 g/mol. The molecule has 4 N–H and O–H groups in total. The molecule has 3 heterocycles. The van der Waals surface area contributed by atoms with E-state index < -0.39 is 11.9 Å². The van der Waals surface area contributed by atoms with E-state index in [-0.39, 0.29) is 35.7 Å². The number of rotatable bonds is 5. The number of fused-ring (bicyclic) bond motifs is 1. The second kappa shape index (κ2) is 10.4. The predicted molar refractivity (Wildman–Crippen MR) is 138 cm³/mol. The molecule has 5 rings (SSSR count). The minimum absolute atomic E-state index is 0.124. The lowest BCUT2D eigenvalue weighted by molar-refractivity contribution is -0.118. The number of phenols is 1. The van der Waals surface area contributed by atoms with Gasteiger partial charge in [0.05, 0.1) is 23.9 Å². The normalized spacial score (nSPS) is 15.0. The first kappa shape index (κ1) is 25.6. The number of aromatic nitrogens is 1. The Labute approximate surface area is 222 Å². The van der Waals surface area contributed by atoms with Crippen LogP contribution in [0, 0.1) is 17.1 Å². The van der Waals surface area contributed by atoms with Gasteiger partial charge in [-0.3, -0.25) is 4.79 Å². The second-order valence-corrected chi connectivity index (χ2v) is 9.02. The van der Waals surface area contributed by atoms with Crippen molar-refractivity contribution in [2.45, 2.75) is 18.9 Å². The largest absolute Gasteiger partial charge is 0.504 e. The number of ether oxygens (including phenoxy) is 3. The number of aromatic hydroxyl groups is 1. The number of nitrogens with one attached hydrogen (secondary N) is 1. The van der Waals surface area contributed by atoms with Crippen LogP contribution >= 0.6 is 0 Å². The topological polar surface area (TPSA) is 160 Å². The molecule has 3 aromatic rings. The zero-order valence-corrected chi connectivity index (χ0v) is 20.9. The number of methoxy groups -OCH3 is 1. The van der Waals surface area contributed by atoms with Crippen LogP contribution in [-0.2, 0) is 9.53 Å². The van der Waals surface area contributed by atoms with Gasteiger partial charge in [-0.05, 0) is 29.8 Å². The number of anilines is 2. The van der Waals surface area contributed by atoms with E-state index >= 15 is 0 Å². The Bertz CT molecular complexity index is 1510. The molecule has 0 radical (unpaired) electrons. The molecule has 11 nitrogen and oxygen atoms in total. The maximum atomic E-state index is 14.8. The number of phenolic OH excluding ortho intramolecular Hbond substituents is 1. The molecule has 1 saturated heterocycles. The third-order valence-electron chi connectivity index (χ3n) is 6.60. The van der Waals surface area contributed by atoms with E-state index in [1.807, 2.05) is 11.0 Å². The Hall–Kier alpha value is -5.05. The second-order valence-electron chi connectivity index (χ2n) is 9.02. The lowest BCUT2D eigenvalue weighted by Gasteiger charge is -2.35. The zero-order chi connectivity index (χ0) is 27.7. The number of nitrogens with two attached hydrogens (primary N) is 1. The summed E-state index contributed by atoms with van der Waals surface area (Å²) in [7, 11) is 1.42. The van der Waals surface area contributed by atoms with Crippen LogP contribution in [0.25, 0.3) is 22.4 Å². The first-order chi connectivity index (χ1) is 18.8. The number of piperidine rings is 1. The van der Waals surface area contributed by atoms with E-state index in [9.17, 15) is 24.3 Å². The average molecular weight is 534 g/mol. The third kappa shape index (κ3) is 4.94. The number of carbonyl (C=O) groups is 2. The first-order valence-electron chi connectivity index (χ1n) is 12.1. The summed E-state index contributed by atoms with van der Waals surface area (Å²) < 4.78 is 31.0. The Kier molecular flexibility index (Phi) is 6.81. The molecule has 1 aromatic heterocycles. The minimum Gasteiger partial charge on any atom is -0.504 e. The molecule has 2 amide bonds. The maximum Gasteiger partial charge on any atom is 0.404 e. The summed E-state index contributed by atoms with van der Waals surface area (Å²) in [5.74, 6) is -0.313. The molecule has 2 aliphatic rings. The van der Waals surface area contributed by atoms with Gasteiger partial charge >= 0.3 is 6.09 Å². The SMILES string of the molecule is COc1ccc(-c2c(-c3ccc(C#N)c(F)c3)nc(N3CCC(OC(N)=O)CC3)c3c2OCC(=O)N3)cc1O. The van der Waals surface area contributed by atoms with Gasteiger partial charge in [-0.15, -0.1) is 0 Å². The monoisotopic (exact) mass is 533 g/mol. The molecule has 0 bridgehead atoms. The number of nitriles is 1. The summed E-state index contributed by atoms with van der Waals surface area (Å²) in [6.07, 6.45) is -0.248. The number of pyridine rings is 1. The van der Waals surface area contributed by atoms with Crippen LogP contribution < -0.4 is 25.4 Å². The standard InChI is InChI=1S/C27H24FN5O6/c1-37-20-5-4-14(11-19(20)34)22-23(15-2-3-16(12-29)18(28)10-15)32-26(24-25(22)38-13-21(35)31-24)33-8-6-17(7-9-33)39-27(30)36/h2-5,10-11,17,34H,6-9,13H2,1H3,(H2,30,36)(H,31,35). The van der Waals surface area contributed by atoms with Gasteiger partial charge in [0.15, 0.2) is 29.7 Å². The smallest absolute Gasteiger partial charge is 0.404 e. The van der Waals surface area contributed by atoms with Gasteiger partial charge in [0.1, 0.15) is 23.7 Å². The molecule has 0 unspecified atom stereocenters. The average Bonchev–Trinajstić information content (AvgIpc) is 2.92. The zero-order valence-electron chi connectivity index (χ0n) is 20.9. The van der Waals surface area contributed by atoms with Crippen molar-refractivity contribution in [1.82, 2.24) is 4.98 Å². The van der Waals surface area contributed by atoms with E-state index in [2.05, 4.69) is 5.32 Å². The summed E-state index contributed by atoms with van der Waals surface area (Å²) in [5.41, 5.74) is 6.91. The van der Waals surface area contributed by atoms with Crippen LogP contribution in [0.15, 0.2) is 36.4 Å². The third-order valence-corrected chi connectivity index (χ3v) is 6.60. The molecular formula is C27H24FN5O6. The fourth-order valence-electron chi connectivity index (χ4n) is 4.78. The highest BCUT2D eigenvalue weighted by molar-refractivity contribution is 6.04. The summed E-state index contributed by atoms with van der Waals surface area (Å²) in [6.45, 7) is 0.593. The number of primary amides is 1. The van der Waals surface area contributed by atoms with Crippen molar-refractivity contribution in [2.75, 3.05) is 37.0 Å². The Morgan fingerprint density at radius 2 is 2.00 bits per heavy atom. The number of amides is 2. The van der Waals surface area contributed by atoms with Crippen molar-refractivity contribution in [3.05, 3.63) is 47.8 Å². The van der Waals surface area contributed by atoms with Crippen LogP contribution in [0.3, 0.4) is 0 Å². The van der Waals surface area contributed by atoms with Gasteiger partial charge in [0.25, 0.3) is 5.91 Å². The summed E-state index contributed by atoms with van der Waals surface area (Å²) in [6, 6.07) is 10.7. The molecule has 1 fully saturated rings. The van der Waals surface area contributed by atoms with Crippen molar-refractivity contribution in [3.8, 4) is 45.7 Å². The van der Waals surface area contributed by atoms with Gasteiger partial charge in [-0.1, -0.05) is 12.1 Å². The number of hydrogen-bond donors (Lipinski definition) is 3. The highest BCUT2D eigenvalue weighted by atomic mass is 19.1. The lowest BCUT2D eigenvalue weighted by atomic mass is 9.95. The van der Waals surface area contributed by atoms with Crippen molar-refractivity contribution in [2.24, 2.45) is 5.73 Å². The van der Waals surface area contributed by atoms with E-state index in [0.29, 0.717) is 65.6 Å². The van der Waals surface area contributed by atoms with Crippen molar-refractivity contribution < 1.29 is 33.3 Å². The van der Waals surface area contributed by atoms with Gasteiger partial charge in [-0.25, -0.2) is 14.2 Å². The van der Waals surface area contributed by atoms with E-state index in [0.717, 1.165) is 0 Å². The van der Waals surface area contributed by atoms with Crippen LogP contribution in [0.1, 0.15) is 18.4 Å². The Balaban J connectivity index is 1.71. The van der Waals surface area contributed by atoms with Crippen LogP contribution in [0.5, 0.6) is 17.2 Å². The summed E-state index contributed by atoms with van der Waals surface area (Å²) >= 11 is 0. The van der Waals surface area contributed by atoms with E-state index in [1.165, 1.54) is 25.3 Å². The number of halogens is 1. The molecule has 0 saturated carbocycles. The molecule has 39 heavy (non-hydrogen) atoms. The fourth-order valence-corrected chi connectivity index (χ4v) is 4.78. The molecule has 2 aliphatic heterocycles. The van der Waals surface area contributed by atoms with Gasteiger partial charge in [0.2, 0.25) is 0 Å². The number of nitrogens with zero attached hydrogens (tertiary/aromatic N) is 3. The summed E-state index contributed by atoms with van der Waals surface area (Å²) in [5, 5.41) is 22.6. The van der Waals surface area contributed by atoms with Crippen molar-refractivity contribution >= 4 is 23.5 Å². The van der Waals surface area contributed by atoms with Gasteiger partial charge in [0, 0.05) is 31.5 Å². The Morgan fingerprint density at radius 1 is 1.26 bits per heavy atom. The van der Waals surface area contributed by atoms with Gasteiger partial charge in [-0.2, -0.15) is 5.26 Å². The van der Waals surface area contributed by atoms with Crippen molar-refractivity contribution in [3.63, 3.8) is 0 Å². The van der Waals surface area contributed by atoms with Crippen LogP contribution in [0.2, 0.25) is 0 Å². The highest BCUT2D eigenvalue weighted by Crippen LogP contribution is 2.49. The quantitative estimate of drug-likeness (QED) is 0.446. The van der Waals surface area contributed by atoms with Crippen LogP contribution in [0.4, 0.5) is 20.7 Å². The van der Waals surface area contributed by atoms with E-state index in [4.69, 9.17) is 24.9 Å². The first-order valence-corrected chi connectivity index (χ1v) is 12.1. The molecule has 2 aromatic carbocycles. The fraction of sp³-hybridized carbons (Fsp3) is 0.259. The number of carbonyl (C=O) groups excluding carboxylic acids is 2. The highest BCUT2D eigenvalue weighted by Gasteiger charge is 2.33. The molecule has 0 spiro atoms. The molecule has 0 aliphatic carbocycles. The van der Waals surface area contributed by atoms with E-state index in [1.54, 1.807) is 18.2 Å². The van der Waals surface area contributed by atoms with Gasteiger partial charge < -0.3 is 35.3 Å². The maximum absolute atomic E-state index is 14.8. The number of benzene rings is 2.